The number of hydrogen-bond donors (Lipinski definition) is 2. The number of amides is 2. The van der Waals surface area contributed by atoms with Crippen LogP contribution in [-0.4, -0.2) is 24.6 Å². The topological polar surface area (TPSA) is 101 Å². The average molecular weight is 411 g/mol. The molecule has 0 aliphatic heterocycles. The normalized spacial score (nSPS) is 11.7. The molecule has 0 aliphatic carbocycles. The third-order valence-corrected chi connectivity index (χ3v) is 5.36. The fourth-order valence-corrected chi connectivity index (χ4v) is 3.58. The summed E-state index contributed by atoms with van der Waals surface area (Å²) in [4.78, 5) is 12.4. The molecular weight excluding hydrogens is 388 g/mol. The summed E-state index contributed by atoms with van der Waals surface area (Å²) in [7, 11) is -4.13. The van der Waals surface area contributed by atoms with Crippen LogP contribution >= 0.6 is 11.6 Å². The quantitative estimate of drug-likeness (QED) is 0.769. The standard InChI is InChI=1S/C18H23ClN4O3S/c1-10(2)14-8-13(19)9-15(11(3)4)17(14)20-18(24)23-27(25,26)16-7-6-12(5)21-22-16/h6-11H,1-5H3,(H2,20,23,24). The first kappa shape index (κ1) is 21.1. The lowest BCUT2D eigenvalue weighted by atomic mass is 9.92. The van der Waals surface area contributed by atoms with Gasteiger partial charge < -0.3 is 5.32 Å². The van der Waals surface area contributed by atoms with Gasteiger partial charge in [-0.1, -0.05) is 39.3 Å². The van der Waals surface area contributed by atoms with E-state index in [1.54, 1.807) is 19.1 Å². The molecule has 0 saturated carbocycles. The van der Waals surface area contributed by atoms with Crippen molar-refractivity contribution in [3.05, 3.63) is 46.1 Å². The molecule has 0 fully saturated rings. The lowest BCUT2D eigenvalue weighted by molar-refractivity contribution is 0.256. The van der Waals surface area contributed by atoms with Crippen LogP contribution in [0.5, 0.6) is 0 Å². The summed E-state index contributed by atoms with van der Waals surface area (Å²) in [6.45, 7) is 9.56. The molecule has 0 bridgehead atoms. The summed E-state index contributed by atoms with van der Waals surface area (Å²) in [6, 6.07) is 5.47. The first-order chi connectivity index (χ1) is 12.5. The minimum Gasteiger partial charge on any atom is -0.307 e. The zero-order valence-corrected chi connectivity index (χ0v) is 17.4. The van der Waals surface area contributed by atoms with E-state index in [0.717, 1.165) is 11.1 Å². The van der Waals surface area contributed by atoms with Crippen LogP contribution < -0.4 is 10.0 Å². The fraction of sp³-hybridized carbons (Fsp3) is 0.389. The number of benzene rings is 1. The van der Waals surface area contributed by atoms with E-state index in [4.69, 9.17) is 11.6 Å². The second-order valence-corrected chi connectivity index (χ2v) is 8.91. The minimum atomic E-state index is -4.13. The molecule has 0 aliphatic rings. The van der Waals surface area contributed by atoms with E-state index in [2.05, 4.69) is 15.5 Å². The van der Waals surface area contributed by atoms with E-state index >= 15 is 0 Å². The van der Waals surface area contributed by atoms with Gasteiger partial charge in [-0.3, -0.25) is 0 Å². The van der Waals surface area contributed by atoms with Gasteiger partial charge in [0.2, 0.25) is 0 Å². The van der Waals surface area contributed by atoms with E-state index in [-0.39, 0.29) is 16.9 Å². The number of rotatable bonds is 5. The Labute approximate surface area is 164 Å². The highest BCUT2D eigenvalue weighted by molar-refractivity contribution is 7.90. The van der Waals surface area contributed by atoms with Crippen molar-refractivity contribution < 1.29 is 13.2 Å². The molecule has 27 heavy (non-hydrogen) atoms. The van der Waals surface area contributed by atoms with Gasteiger partial charge in [0.15, 0.2) is 5.03 Å². The zero-order valence-electron chi connectivity index (χ0n) is 15.9. The number of sulfonamides is 1. The molecule has 9 heteroatoms. The predicted octanol–water partition coefficient (Wildman–Crippen LogP) is 4.20. The summed E-state index contributed by atoms with van der Waals surface area (Å²) < 4.78 is 26.7. The Hall–Kier alpha value is -2.19. The van der Waals surface area contributed by atoms with Gasteiger partial charge in [-0.2, -0.15) is 13.5 Å². The lowest BCUT2D eigenvalue weighted by Gasteiger charge is -2.21. The largest absolute Gasteiger partial charge is 0.333 e. The maximum Gasteiger partial charge on any atom is 0.333 e. The van der Waals surface area contributed by atoms with Crippen LogP contribution in [0, 0.1) is 6.92 Å². The van der Waals surface area contributed by atoms with Crippen molar-refractivity contribution in [2.45, 2.75) is 51.5 Å². The molecule has 7 nitrogen and oxygen atoms in total. The summed E-state index contributed by atoms with van der Waals surface area (Å²) >= 11 is 6.21. The Morgan fingerprint density at radius 3 is 2.04 bits per heavy atom. The number of carbonyl (C=O) groups excluding carboxylic acids is 1. The van der Waals surface area contributed by atoms with Crippen LogP contribution in [0.1, 0.15) is 56.4 Å². The van der Waals surface area contributed by atoms with Crippen molar-refractivity contribution in [2.24, 2.45) is 0 Å². The second-order valence-electron chi connectivity index (χ2n) is 6.84. The van der Waals surface area contributed by atoms with Gasteiger partial charge in [0.05, 0.1) is 5.69 Å². The maximum absolute atomic E-state index is 12.4. The zero-order chi connectivity index (χ0) is 20.4. The number of urea groups is 1. The molecule has 2 aromatic rings. The average Bonchev–Trinajstić information content (AvgIpc) is 2.55. The number of aryl methyl sites for hydroxylation is 1. The van der Waals surface area contributed by atoms with E-state index < -0.39 is 16.1 Å². The molecule has 2 amide bonds. The number of aromatic nitrogens is 2. The SMILES string of the molecule is Cc1ccc(S(=O)(=O)NC(=O)Nc2c(C(C)C)cc(Cl)cc2C(C)C)nn1. The van der Waals surface area contributed by atoms with Crippen molar-refractivity contribution in [1.82, 2.24) is 14.9 Å². The molecule has 2 N–H and O–H groups in total. The number of carbonyl (C=O) groups is 1. The minimum absolute atomic E-state index is 0.0797. The molecule has 146 valence electrons. The van der Waals surface area contributed by atoms with Crippen LogP contribution in [0.25, 0.3) is 0 Å². The van der Waals surface area contributed by atoms with Crippen molar-refractivity contribution >= 4 is 33.3 Å². The van der Waals surface area contributed by atoms with Crippen LogP contribution in [0.15, 0.2) is 29.3 Å². The summed E-state index contributed by atoms with van der Waals surface area (Å²) in [5.74, 6) is 0.159. The second kappa shape index (κ2) is 8.22. The smallest absolute Gasteiger partial charge is 0.307 e. The Kier molecular flexibility index (Phi) is 6.43. The van der Waals surface area contributed by atoms with Crippen molar-refractivity contribution in [3.8, 4) is 0 Å². The number of anilines is 1. The lowest BCUT2D eigenvalue weighted by Crippen LogP contribution is -2.35. The Morgan fingerprint density at radius 2 is 1.59 bits per heavy atom. The Balaban J connectivity index is 2.33. The first-order valence-corrected chi connectivity index (χ1v) is 10.3. The third kappa shape index (κ3) is 5.17. The number of hydrogen-bond acceptors (Lipinski definition) is 5. The van der Waals surface area contributed by atoms with Crippen molar-refractivity contribution in [1.29, 1.82) is 0 Å². The van der Waals surface area contributed by atoms with Crippen LogP contribution in [-0.2, 0) is 10.0 Å². The van der Waals surface area contributed by atoms with Gasteiger partial charge in [0, 0.05) is 10.7 Å². The summed E-state index contributed by atoms with van der Waals surface area (Å²) in [6.07, 6.45) is 0. The van der Waals surface area contributed by atoms with Gasteiger partial charge in [-0.05, 0) is 54.2 Å². The van der Waals surface area contributed by atoms with Crippen LogP contribution in [0.2, 0.25) is 5.02 Å². The molecule has 1 aromatic carbocycles. The highest BCUT2D eigenvalue weighted by Crippen LogP contribution is 2.35. The maximum atomic E-state index is 12.4. The number of halogens is 1. The van der Waals surface area contributed by atoms with E-state index in [0.29, 0.717) is 16.4 Å². The number of nitrogens with one attached hydrogen (secondary N) is 2. The first-order valence-electron chi connectivity index (χ1n) is 8.48. The molecule has 2 rings (SSSR count). The molecule has 0 saturated heterocycles. The molecule has 0 radical (unpaired) electrons. The highest BCUT2D eigenvalue weighted by atomic mass is 35.5. The third-order valence-electron chi connectivity index (χ3n) is 3.92. The monoisotopic (exact) mass is 410 g/mol. The Bertz CT molecular complexity index is 913. The van der Waals surface area contributed by atoms with Crippen LogP contribution in [0.3, 0.4) is 0 Å². The van der Waals surface area contributed by atoms with Crippen LogP contribution in [0.4, 0.5) is 10.5 Å². The van der Waals surface area contributed by atoms with Gasteiger partial charge in [0.25, 0.3) is 10.0 Å². The molecule has 0 spiro atoms. The molecular formula is C18H23ClN4O3S. The summed E-state index contributed by atoms with van der Waals surface area (Å²) in [5, 5.41) is 10.2. The van der Waals surface area contributed by atoms with Gasteiger partial charge in [-0.15, -0.1) is 5.10 Å². The highest BCUT2D eigenvalue weighted by Gasteiger charge is 2.22. The molecule has 1 aromatic heterocycles. The number of nitrogens with zero attached hydrogens (tertiary/aromatic N) is 2. The molecule has 1 heterocycles. The van der Waals surface area contributed by atoms with Crippen molar-refractivity contribution in [3.63, 3.8) is 0 Å². The summed E-state index contributed by atoms with van der Waals surface area (Å²) in [5.41, 5.74) is 2.79. The fourth-order valence-electron chi connectivity index (χ4n) is 2.55. The predicted molar refractivity (Wildman–Crippen MR) is 106 cm³/mol. The van der Waals surface area contributed by atoms with E-state index in [1.807, 2.05) is 32.4 Å². The van der Waals surface area contributed by atoms with Gasteiger partial charge in [-0.25, -0.2) is 9.52 Å². The van der Waals surface area contributed by atoms with E-state index in [1.165, 1.54) is 12.1 Å². The Morgan fingerprint density at radius 1 is 1.04 bits per heavy atom. The molecule has 0 unspecified atom stereocenters. The van der Waals surface area contributed by atoms with E-state index in [9.17, 15) is 13.2 Å². The van der Waals surface area contributed by atoms with Crippen molar-refractivity contribution in [2.75, 3.05) is 5.32 Å². The molecule has 0 atom stereocenters. The van der Waals surface area contributed by atoms with Gasteiger partial charge in [0.1, 0.15) is 0 Å². The van der Waals surface area contributed by atoms with Gasteiger partial charge >= 0.3 is 6.03 Å².